The van der Waals surface area contributed by atoms with Crippen molar-refractivity contribution in [2.75, 3.05) is 5.32 Å². The van der Waals surface area contributed by atoms with E-state index >= 15 is 0 Å². The number of amides is 1. The highest BCUT2D eigenvalue weighted by atomic mass is 79.9. The second kappa shape index (κ2) is 3.74. The standard InChI is InChI=1S/C7H5BrClNO/c8-6-3-5(10-4-11)1-2-7(6)9/h1-4H,(H,10,11). The normalized spacial score (nSPS) is 9.27. The Morgan fingerprint density at radius 2 is 2.27 bits per heavy atom. The third kappa shape index (κ3) is 2.20. The Bertz CT molecular complexity index is 277. The van der Waals surface area contributed by atoms with Crippen LogP contribution < -0.4 is 5.32 Å². The van der Waals surface area contributed by atoms with Gasteiger partial charge in [-0.1, -0.05) is 11.6 Å². The molecule has 11 heavy (non-hydrogen) atoms. The van der Waals surface area contributed by atoms with Crippen LogP contribution in [0.4, 0.5) is 5.69 Å². The van der Waals surface area contributed by atoms with Gasteiger partial charge in [0.2, 0.25) is 6.41 Å². The number of hydrogen-bond donors (Lipinski definition) is 1. The topological polar surface area (TPSA) is 29.1 Å². The first-order valence-corrected chi connectivity index (χ1v) is 4.06. The van der Waals surface area contributed by atoms with Crippen LogP contribution in [0.3, 0.4) is 0 Å². The van der Waals surface area contributed by atoms with Crippen molar-refractivity contribution in [1.29, 1.82) is 0 Å². The highest BCUT2D eigenvalue weighted by molar-refractivity contribution is 9.10. The Balaban J connectivity index is 2.95. The van der Waals surface area contributed by atoms with Crippen molar-refractivity contribution < 1.29 is 4.79 Å². The molecule has 0 bridgehead atoms. The largest absolute Gasteiger partial charge is 0.329 e. The number of benzene rings is 1. The lowest BCUT2D eigenvalue weighted by Gasteiger charge is -1.99. The van der Waals surface area contributed by atoms with E-state index in [0.29, 0.717) is 11.4 Å². The molecule has 0 heterocycles. The van der Waals surface area contributed by atoms with Crippen molar-refractivity contribution in [3.63, 3.8) is 0 Å². The molecule has 1 aromatic rings. The predicted molar refractivity (Wildman–Crippen MR) is 48.8 cm³/mol. The summed E-state index contributed by atoms with van der Waals surface area (Å²) < 4.78 is 0.769. The Labute approximate surface area is 77.7 Å². The van der Waals surface area contributed by atoms with Gasteiger partial charge in [0.05, 0.1) is 5.02 Å². The minimum absolute atomic E-state index is 0.621. The molecule has 0 spiro atoms. The third-order valence-corrected chi connectivity index (χ3v) is 2.36. The first-order chi connectivity index (χ1) is 5.24. The minimum Gasteiger partial charge on any atom is -0.329 e. The molecule has 2 nitrogen and oxygen atoms in total. The highest BCUT2D eigenvalue weighted by Crippen LogP contribution is 2.24. The van der Waals surface area contributed by atoms with E-state index in [1.165, 1.54) is 0 Å². The second-order valence-electron chi connectivity index (χ2n) is 1.89. The Morgan fingerprint density at radius 3 is 2.82 bits per heavy atom. The van der Waals surface area contributed by atoms with Gasteiger partial charge in [-0.15, -0.1) is 0 Å². The van der Waals surface area contributed by atoms with Crippen LogP contribution in [-0.2, 0) is 4.79 Å². The lowest BCUT2D eigenvalue weighted by atomic mass is 10.3. The van der Waals surface area contributed by atoms with Gasteiger partial charge in [0.25, 0.3) is 0 Å². The first-order valence-electron chi connectivity index (χ1n) is 2.89. The maximum atomic E-state index is 10.0. The zero-order chi connectivity index (χ0) is 8.27. The lowest BCUT2D eigenvalue weighted by Crippen LogP contribution is -1.92. The van der Waals surface area contributed by atoms with Gasteiger partial charge >= 0.3 is 0 Å². The molecule has 58 valence electrons. The number of halogens is 2. The van der Waals surface area contributed by atoms with Gasteiger partial charge in [-0.25, -0.2) is 0 Å². The van der Waals surface area contributed by atoms with Crippen LogP contribution in [0.25, 0.3) is 0 Å². The monoisotopic (exact) mass is 233 g/mol. The van der Waals surface area contributed by atoms with E-state index in [-0.39, 0.29) is 0 Å². The minimum atomic E-state index is 0.621. The molecular weight excluding hydrogens is 229 g/mol. The summed E-state index contributed by atoms with van der Waals surface area (Å²) in [7, 11) is 0. The predicted octanol–water partition coefficient (Wildman–Crippen LogP) is 2.67. The quantitative estimate of drug-likeness (QED) is 0.783. The summed E-state index contributed by atoms with van der Waals surface area (Å²) in [5.41, 5.74) is 0.719. The molecule has 0 aromatic heterocycles. The zero-order valence-corrected chi connectivity index (χ0v) is 7.82. The summed E-state index contributed by atoms with van der Waals surface area (Å²) in [6, 6.07) is 5.16. The lowest BCUT2D eigenvalue weighted by molar-refractivity contribution is -0.105. The maximum Gasteiger partial charge on any atom is 0.211 e. The highest BCUT2D eigenvalue weighted by Gasteiger charge is 1.96. The van der Waals surface area contributed by atoms with Crippen LogP contribution in [-0.4, -0.2) is 6.41 Å². The fraction of sp³-hybridized carbons (Fsp3) is 0. The van der Waals surface area contributed by atoms with Gasteiger partial charge < -0.3 is 5.32 Å². The molecule has 0 atom stereocenters. The first kappa shape index (κ1) is 8.56. The maximum absolute atomic E-state index is 10.0. The number of carbonyl (C=O) groups excluding carboxylic acids is 1. The number of anilines is 1. The van der Waals surface area contributed by atoms with Crippen LogP contribution in [0, 0.1) is 0 Å². The molecule has 1 rings (SSSR count). The smallest absolute Gasteiger partial charge is 0.211 e. The van der Waals surface area contributed by atoms with Crippen molar-refractivity contribution in [3.8, 4) is 0 Å². The van der Waals surface area contributed by atoms with Gasteiger partial charge in [0, 0.05) is 10.2 Å². The molecule has 0 radical (unpaired) electrons. The Hall–Kier alpha value is -0.540. The van der Waals surface area contributed by atoms with Crippen molar-refractivity contribution in [3.05, 3.63) is 27.7 Å². The summed E-state index contributed by atoms with van der Waals surface area (Å²) in [6.07, 6.45) is 0.621. The van der Waals surface area contributed by atoms with Gasteiger partial charge in [-0.3, -0.25) is 4.79 Å². The van der Waals surface area contributed by atoms with E-state index in [9.17, 15) is 4.79 Å². The van der Waals surface area contributed by atoms with Gasteiger partial charge in [-0.05, 0) is 34.1 Å². The average Bonchev–Trinajstić information content (AvgIpc) is 1.98. The number of carbonyl (C=O) groups is 1. The second-order valence-corrected chi connectivity index (χ2v) is 3.15. The summed E-state index contributed by atoms with van der Waals surface area (Å²) >= 11 is 8.95. The average molecular weight is 234 g/mol. The van der Waals surface area contributed by atoms with E-state index < -0.39 is 0 Å². The Kier molecular flexibility index (Phi) is 2.91. The SMILES string of the molecule is O=CNc1ccc(Cl)c(Br)c1. The van der Waals surface area contributed by atoms with Crippen LogP contribution in [0.5, 0.6) is 0 Å². The molecule has 1 aromatic carbocycles. The molecule has 1 N–H and O–H groups in total. The molecule has 0 saturated carbocycles. The van der Waals surface area contributed by atoms with E-state index in [0.717, 1.165) is 10.2 Å². The van der Waals surface area contributed by atoms with Crippen LogP contribution in [0.15, 0.2) is 22.7 Å². The molecule has 0 aliphatic carbocycles. The van der Waals surface area contributed by atoms with E-state index in [1.807, 2.05) is 0 Å². The van der Waals surface area contributed by atoms with Crippen molar-refractivity contribution >= 4 is 39.6 Å². The van der Waals surface area contributed by atoms with Crippen LogP contribution in [0.1, 0.15) is 0 Å². The molecule has 0 fully saturated rings. The van der Waals surface area contributed by atoms with Crippen molar-refractivity contribution in [2.24, 2.45) is 0 Å². The van der Waals surface area contributed by atoms with Gasteiger partial charge in [0.1, 0.15) is 0 Å². The molecule has 0 unspecified atom stereocenters. The zero-order valence-electron chi connectivity index (χ0n) is 5.47. The van der Waals surface area contributed by atoms with E-state index in [4.69, 9.17) is 11.6 Å². The fourth-order valence-corrected chi connectivity index (χ4v) is 1.15. The number of hydrogen-bond acceptors (Lipinski definition) is 1. The molecule has 1 amide bonds. The van der Waals surface area contributed by atoms with Gasteiger partial charge in [0.15, 0.2) is 0 Å². The summed E-state index contributed by atoms with van der Waals surface area (Å²) in [6.45, 7) is 0. The molecule has 0 saturated heterocycles. The molecule has 0 aliphatic heterocycles. The Morgan fingerprint density at radius 1 is 1.55 bits per heavy atom. The molecule has 4 heteroatoms. The number of rotatable bonds is 2. The van der Waals surface area contributed by atoms with Gasteiger partial charge in [-0.2, -0.15) is 0 Å². The summed E-state index contributed by atoms with van der Waals surface area (Å²) in [5, 5.41) is 3.13. The summed E-state index contributed by atoms with van der Waals surface area (Å²) in [4.78, 5) is 10.0. The number of nitrogens with one attached hydrogen (secondary N) is 1. The summed E-state index contributed by atoms with van der Waals surface area (Å²) in [5.74, 6) is 0. The van der Waals surface area contributed by atoms with Crippen molar-refractivity contribution in [2.45, 2.75) is 0 Å². The van der Waals surface area contributed by atoms with E-state index in [2.05, 4.69) is 21.2 Å². The fourth-order valence-electron chi connectivity index (χ4n) is 0.654. The van der Waals surface area contributed by atoms with E-state index in [1.54, 1.807) is 18.2 Å². The van der Waals surface area contributed by atoms with Crippen LogP contribution in [0.2, 0.25) is 5.02 Å². The van der Waals surface area contributed by atoms with Crippen LogP contribution >= 0.6 is 27.5 Å². The molecular formula is C7H5BrClNO. The van der Waals surface area contributed by atoms with Crippen molar-refractivity contribution in [1.82, 2.24) is 0 Å². The third-order valence-electron chi connectivity index (χ3n) is 1.15. The molecule has 0 aliphatic rings.